The number of carbonyl (C=O) groups is 1. The SMILES string of the molecule is O=C(Cc1cc(=O)c2ccccc2o1)c1ccccc1. The molecule has 0 atom stereocenters. The van der Waals surface area contributed by atoms with Crippen molar-refractivity contribution in [1.29, 1.82) is 0 Å². The fourth-order valence-corrected chi connectivity index (χ4v) is 2.13. The number of rotatable bonds is 3. The molecular formula is C17H12O3. The van der Waals surface area contributed by atoms with Gasteiger partial charge in [0.25, 0.3) is 0 Å². The van der Waals surface area contributed by atoms with Gasteiger partial charge in [-0.1, -0.05) is 42.5 Å². The van der Waals surface area contributed by atoms with Gasteiger partial charge in [0.1, 0.15) is 11.3 Å². The van der Waals surface area contributed by atoms with Gasteiger partial charge in [-0.25, -0.2) is 0 Å². The van der Waals surface area contributed by atoms with E-state index in [2.05, 4.69) is 0 Å². The van der Waals surface area contributed by atoms with Gasteiger partial charge in [-0.2, -0.15) is 0 Å². The third kappa shape index (κ3) is 2.38. The maximum atomic E-state index is 12.1. The zero-order valence-electron chi connectivity index (χ0n) is 10.7. The first-order valence-electron chi connectivity index (χ1n) is 6.34. The van der Waals surface area contributed by atoms with Crippen LogP contribution in [0.5, 0.6) is 0 Å². The third-order valence-corrected chi connectivity index (χ3v) is 3.12. The number of ketones is 1. The summed E-state index contributed by atoms with van der Waals surface area (Å²) in [6, 6.07) is 17.4. The molecule has 1 aromatic heterocycles. The molecule has 0 radical (unpaired) electrons. The highest BCUT2D eigenvalue weighted by Gasteiger charge is 2.10. The number of fused-ring (bicyclic) bond motifs is 1. The Labute approximate surface area is 115 Å². The molecule has 0 unspecified atom stereocenters. The summed E-state index contributed by atoms with van der Waals surface area (Å²) in [6.07, 6.45) is 0.0874. The fraction of sp³-hybridized carbons (Fsp3) is 0.0588. The van der Waals surface area contributed by atoms with E-state index in [0.717, 1.165) is 0 Å². The summed E-state index contributed by atoms with van der Waals surface area (Å²) in [5, 5.41) is 0.531. The van der Waals surface area contributed by atoms with Gasteiger partial charge in [0.15, 0.2) is 11.2 Å². The second kappa shape index (κ2) is 5.13. The van der Waals surface area contributed by atoms with Gasteiger partial charge in [0.2, 0.25) is 0 Å². The summed E-state index contributed by atoms with van der Waals surface area (Å²) in [7, 11) is 0. The molecule has 3 heteroatoms. The van der Waals surface area contributed by atoms with Crippen LogP contribution in [-0.2, 0) is 6.42 Å². The van der Waals surface area contributed by atoms with Crippen LogP contribution in [0.15, 0.2) is 69.9 Å². The molecule has 3 rings (SSSR count). The van der Waals surface area contributed by atoms with E-state index in [9.17, 15) is 9.59 Å². The lowest BCUT2D eigenvalue weighted by molar-refractivity contribution is 0.0987. The molecule has 20 heavy (non-hydrogen) atoms. The van der Waals surface area contributed by atoms with Crippen LogP contribution in [0.1, 0.15) is 16.1 Å². The number of hydrogen-bond acceptors (Lipinski definition) is 3. The van der Waals surface area contributed by atoms with Crippen molar-refractivity contribution in [1.82, 2.24) is 0 Å². The van der Waals surface area contributed by atoms with Crippen molar-refractivity contribution in [2.24, 2.45) is 0 Å². The normalized spacial score (nSPS) is 10.6. The van der Waals surface area contributed by atoms with Crippen LogP contribution in [0.25, 0.3) is 11.0 Å². The van der Waals surface area contributed by atoms with E-state index < -0.39 is 0 Å². The minimum Gasteiger partial charge on any atom is -0.460 e. The van der Waals surface area contributed by atoms with Crippen LogP contribution in [0.4, 0.5) is 0 Å². The number of carbonyl (C=O) groups excluding carboxylic acids is 1. The first-order valence-corrected chi connectivity index (χ1v) is 6.34. The molecule has 0 bridgehead atoms. The molecule has 0 fully saturated rings. The summed E-state index contributed by atoms with van der Waals surface area (Å²) in [4.78, 5) is 24.0. The predicted octanol–water partition coefficient (Wildman–Crippen LogP) is 3.22. The molecular weight excluding hydrogens is 252 g/mol. The molecule has 0 saturated heterocycles. The van der Waals surface area contributed by atoms with Crippen molar-refractivity contribution < 1.29 is 9.21 Å². The Morgan fingerprint density at radius 3 is 2.45 bits per heavy atom. The number of benzene rings is 2. The second-order valence-electron chi connectivity index (χ2n) is 4.54. The first-order chi connectivity index (χ1) is 9.74. The molecule has 2 aromatic carbocycles. The van der Waals surface area contributed by atoms with Crippen LogP contribution in [0.2, 0.25) is 0 Å². The second-order valence-corrected chi connectivity index (χ2v) is 4.54. The van der Waals surface area contributed by atoms with Gasteiger partial charge in [-0.15, -0.1) is 0 Å². The molecule has 0 amide bonds. The highest BCUT2D eigenvalue weighted by atomic mass is 16.3. The van der Waals surface area contributed by atoms with E-state index in [1.54, 1.807) is 36.4 Å². The van der Waals surface area contributed by atoms with E-state index in [-0.39, 0.29) is 17.6 Å². The van der Waals surface area contributed by atoms with Gasteiger partial charge >= 0.3 is 0 Å². The van der Waals surface area contributed by atoms with E-state index in [4.69, 9.17) is 4.42 Å². The Hall–Kier alpha value is -2.68. The average molecular weight is 264 g/mol. The molecule has 0 aliphatic rings. The third-order valence-electron chi connectivity index (χ3n) is 3.12. The van der Waals surface area contributed by atoms with Gasteiger partial charge < -0.3 is 4.42 Å². The van der Waals surface area contributed by atoms with Crippen LogP contribution >= 0.6 is 0 Å². The molecule has 0 aliphatic heterocycles. The summed E-state index contributed by atoms with van der Waals surface area (Å²) < 4.78 is 5.61. The Kier molecular flexibility index (Phi) is 3.17. The molecule has 3 nitrogen and oxygen atoms in total. The van der Waals surface area contributed by atoms with E-state index in [1.165, 1.54) is 6.07 Å². The molecule has 3 aromatic rings. The number of para-hydroxylation sites is 1. The lowest BCUT2D eigenvalue weighted by Crippen LogP contribution is -2.07. The van der Waals surface area contributed by atoms with Gasteiger partial charge in [0, 0.05) is 11.6 Å². The number of Topliss-reactive ketones (excluding diaryl/α,β-unsaturated/α-hetero) is 1. The monoisotopic (exact) mass is 264 g/mol. The molecule has 0 N–H and O–H groups in total. The van der Waals surface area contributed by atoms with Gasteiger partial charge in [-0.05, 0) is 12.1 Å². The smallest absolute Gasteiger partial charge is 0.192 e. The minimum absolute atomic E-state index is 0.0657. The van der Waals surface area contributed by atoms with E-state index in [0.29, 0.717) is 22.3 Å². The van der Waals surface area contributed by atoms with E-state index >= 15 is 0 Å². The standard InChI is InChI=1S/C17H12O3/c18-15(12-6-2-1-3-7-12)10-13-11-16(19)14-8-4-5-9-17(14)20-13/h1-9,11H,10H2. The van der Waals surface area contributed by atoms with Gasteiger partial charge in [-0.3, -0.25) is 9.59 Å². The molecule has 0 aliphatic carbocycles. The Morgan fingerprint density at radius 2 is 1.65 bits per heavy atom. The Bertz CT molecular complexity index is 816. The van der Waals surface area contributed by atoms with Crippen molar-refractivity contribution in [3.05, 3.63) is 82.2 Å². The average Bonchev–Trinajstić information content (AvgIpc) is 2.48. The maximum Gasteiger partial charge on any atom is 0.192 e. The molecule has 98 valence electrons. The molecule has 0 saturated carbocycles. The first kappa shape index (κ1) is 12.4. The Morgan fingerprint density at radius 1 is 0.950 bits per heavy atom. The summed E-state index contributed by atoms with van der Waals surface area (Å²) in [5.74, 6) is 0.326. The van der Waals surface area contributed by atoms with E-state index in [1.807, 2.05) is 18.2 Å². The molecule has 0 spiro atoms. The van der Waals surface area contributed by atoms with Crippen molar-refractivity contribution in [3.63, 3.8) is 0 Å². The highest BCUT2D eigenvalue weighted by Crippen LogP contribution is 2.13. The molecule has 1 heterocycles. The van der Waals surface area contributed by atoms with Gasteiger partial charge in [0.05, 0.1) is 11.8 Å². The highest BCUT2D eigenvalue weighted by molar-refractivity contribution is 5.97. The largest absolute Gasteiger partial charge is 0.460 e. The topological polar surface area (TPSA) is 47.3 Å². The van der Waals surface area contributed by atoms with Crippen molar-refractivity contribution in [2.75, 3.05) is 0 Å². The summed E-state index contributed by atoms with van der Waals surface area (Å²) in [5.41, 5.74) is 1.00. The van der Waals surface area contributed by atoms with Crippen molar-refractivity contribution in [3.8, 4) is 0 Å². The predicted molar refractivity (Wildman–Crippen MR) is 77.0 cm³/mol. The van der Waals surface area contributed by atoms with Crippen LogP contribution in [-0.4, -0.2) is 5.78 Å². The quantitative estimate of drug-likeness (QED) is 0.682. The zero-order chi connectivity index (χ0) is 13.9. The lowest BCUT2D eigenvalue weighted by Gasteiger charge is -2.02. The van der Waals surface area contributed by atoms with Crippen LogP contribution < -0.4 is 5.43 Å². The van der Waals surface area contributed by atoms with Crippen LogP contribution in [0.3, 0.4) is 0 Å². The minimum atomic E-state index is -0.122. The Balaban J connectivity index is 1.96. The zero-order valence-corrected chi connectivity index (χ0v) is 10.7. The van der Waals surface area contributed by atoms with Crippen LogP contribution in [0, 0.1) is 0 Å². The van der Waals surface area contributed by atoms with Crippen molar-refractivity contribution in [2.45, 2.75) is 6.42 Å². The summed E-state index contributed by atoms with van der Waals surface area (Å²) in [6.45, 7) is 0. The van der Waals surface area contributed by atoms with Crippen molar-refractivity contribution >= 4 is 16.8 Å². The maximum absolute atomic E-state index is 12.1. The lowest BCUT2D eigenvalue weighted by atomic mass is 10.1. The summed E-state index contributed by atoms with van der Waals surface area (Å²) >= 11 is 0. The fourth-order valence-electron chi connectivity index (χ4n) is 2.13. The number of hydrogen-bond donors (Lipinski definition) is 0.